The molecule has 27 heavy (non-hydrogen) atoms. The summed E-state index contributed by atoms with van der Waals surface area (Å²) >= 11 is 6.06. The average molecular weight is 389 g/mol. The molecule has 1 amide bonds. The molecule has 0 spiro atoms. The van der Waals surface area contributed by atoms with Crippen LogP contribution in [0.2, 0.25) is 5.02 Å². The van der Waals surface area contributed by atoms with E-state index in [-0.39, 0.29) is 18.0 Å². The lowest BCUT2D eigenvalue weighted by Crippen LogP contribution is -2.91. The number of anilines is 2. The topological polar surface area (TPSA) is 58.2 Å². The molecule has 3 N–H and O–H groups in total. The molecule has 0 radical (unpaired) electrons. The van der Waals surface area contributed by atoms with Gasteiger partial charge in [0.1, 0.15) is 6.04 Å². The molecule has 6 heteroatoms. The Hall–Kier alpha value is -2.08. The number of amides is 1. The van der Waals surface area contributed by atoms with Crippen molar-refractivity contribution in [1.82, 2.24) is 0 Å². The van der Waals surface area contributed by atoms with Gasteiger partial charge in [-0.2, -0.15) is 0 Å². The molecule has 0 saturated carbocycles. The molecule has 2 atom stereocenters. The number of nitrogens with one attached hydrogen (secondary N) is 1. The molecule has 1 aliphatic heterocycles. The second kappa shape index (κ2) is 9.22. The Morgan fingerprint density at radius 1 is 1.15 bits per heavy atom. The third-order valence-corrected chi connectivity index (χ3v) is 5.11. The fraction of sp³-hybridized carbons (Fsp3) is 0.381. The molecule has 2 aromatic rings. The third-order valence-electron chi connectivity index (χ3n) is 4.88. The van der Waals surface area contributed by atoms with E-state index in [1.807, 2.05) is 60.8 Å². The first-order valence-corrected chi connectivity index (χ1v) is 9.75. The van der Waals surface area contributed by atoms with Gasteiger partial charge >= 0.3 is 0 Å². The minimum atomic E-state index is -0.210. The summed E-state index contributed by atoms with van der Waals surface area (Å²) in [5.41, 5.74) is 3.08. The number of quaternary nitrogens is 1. The smallest absolute Gasteiger partial charge is 0.282 e. The molecule has 1 fully saturated rings. The standard InChI is InChI=1S/C21H26ClN3O2/c1-15(17-4-3-5-18(22)14-17)23-16(2)21(26)24-19-6-8-20(9-7-19)25-10-12-27-13-11-25/h3-9,14-16,23H,10-13H2,1-2H3,(H,24,26)/p+1/t15-,16+/m1/s1. The predicted molar refractivity (Wildman–Crippen MR) is 109 cm³/mol. The van der Waals surface area contributed by atoms with Crippen molar-refractivity contribution in [2.45, 2.75) is 25.9 Å². The lowest BCUT2D eigenvalue weighted by atomic mass is 10.1. The van der Waals surface area contributed by atoms with Gasteiger partial charge < -0.3 is 20.3 Å². The molecule has 1 heterocycles. The number of morpholine rings is 1. The number of carbonyl (C=O) groups excluding carboxylic acids is 1. The van der Waals surface area contributed by atoms with Gasteiger partial charge in [0.15, 0.2) is 6.04 Å². The molecule has 1 aliphatic rings. The van der Waals surface area contributed by atoms with E-state index in [1.165, 1.54) is 0 Å². The van der Waals surface area contributed by atoms with Gasteiger partial charge in [-0.25, -0.2) is 0 Å². The van der Waals surface area contributed by atoms with Crippen LogP contribution in [-0.4, -0.2) is 38.3 Å². The zero-order chi connectivity index (χ0) is 19.2. The number of nitrogens with zero attached hydrogens (tertiary/aromatic N) is 1. The van der Waals surface area contributed by atoms with Crippen LogP contribution in [0, 0.1) is 0 Å². The van der Waals surface area contributed by atoms with E-state index in [2.05, 4.69) is 17.1 Å². The molecule has 3 rings (SSSR count). The number of hydrogen-bond acceptors (Lipinski definition) is 3. The lowest BCUT2D eigenvalue weighted by molar-refractivity contribution is -0.709. The molecule has 0 bridgehead atoms. The largest absolute Gasteiger partial charge is 0.378 e. The minimum Gasteiger partial charge on any atom is -0.378 e. The van der Waals surface area contributed by atoms with Crippen molar-refractivity contribution in [3.05, 3.63) is 59.1 Å². The maximum Gasteiger partial charge on any atom is 0.282 e. The highest BCUT2D eigenvalue weighted by atomic mass is 35.5. The van der Waals surface area contributed by atoms with Crippen molar-refractivity contribution in [3.8, 4) is 0 Å². The Kier molecular flexibility index (Phi) is 6.72. The molecule has 1 saturated heterocycles. The summed E-state index contributed by atoms with van der Waals surface area (Å²) in [5.74, 6) is -0.0111. The molecule has 144 valence electrons. The van der Waals surface area contributed by atoms with E-state index in [4.69, 9.17) is 16.3 Å². The summed E-state index contributed by atoms with van der Waals surface area (Å²) in [7, 11) is 0. The molecular formula is C21H27ClN3O2+. The van der Waals surface area contributed by atoms with Crippen molar-refractivity contribution in [2.24, 2.45) is 0 Å². The Morgan fingerprint density at radius 2 is 1.85 bits per heavy atom. The van der Waals surface area contributed by atoms with Crippen LogP contribution >= 0.6 is 11.6 Å². The predicted octanol–water partition coefficient (Wildman–Crippen LogP) is 2.83. The van der Waals surface area contributed by atoms with Crippen molar-refractivity contribution in [2.75, 3.05) is 36.5 Å². The number of rotatable bonds is 6. The zero-order valence-electron chi connectivity index (χ0n) is 15.8. The lowest BCUT2D eigenvalue weighted by Gasteiger charge is -2.28. The number of ether oxygens (including phenoxy) is 1. The van der Waals surface area contributed by atoms with Gasteiger partial charge in [-0.15, -0.1) is 0 Å². The third kappa shape index (κ3) is 5.45. The van der Waals surface area contributed by atoms with E-state index in [1.54, 1.807) is 0 Å². The normalized spacial score (nSPS) is 16.6. The Balaban J connectivity index is 1.54. The van der Waals surface area contributed by atoms with E-state index in [9.17, 15) is 4.79 Å². The van der Waals surface area contributed by atoms with Crippen molar-refractivity contribution in [1.29, 1.82) is 0 Å². The Labute approximate surface area is 165 Å². The summed E-state index contributed by atoms with van der Waals surface area (Å²) in [4.78, 5) is 14.8. The molecule has 5 nitrogen and oxygen atoms in total. The quantitative estimate of drug-likeness (QED) is 0.800. The molecule has 2 aromatic carbocycles. The summed E-state index contributed by atoms with van der Waals surface area (Å²) < 4.78 is 5.38. The highest BCUT2D eigenvalue weighted by molar-refractivity contribution is 6.30. The van der Waals surface area contributed by atoms with Crippen molar-refractivity contribution >= 4 is 28.9 Å². The van der Waals surface area contributed by atoms with Crippen LogP contribution in [0.3, 0.4) is 0 Å². The van der Waals surface area contributed by atoms with Crippen LogP contribution in [-0.2, 0) is 9.53 Å². The van der Waals surface area contributed by atoms with Gasteiger partial charge in [0.05, 0.1) is 13.2 Å². The molecule has 0 aliphatic carbocycles. The fourth-order valence-electron chi connectivity index (χ4n) is 3.25. The van der Waals surface area contributed by atoms with E-state index >= 15 is 0 Å². The maximum absolute atomic E-state index is 12.5. The summed E-state index contributed by atoms with van der Waals surface area (Å²) in [6.07, 6.45) is 0. The monoisotopic (exact) mass is 388 g/mol. The highest BCUT2D eigenvalue weighted by Gasteiger charge is 2.20. The minimum absolute atomic E-state index is 0.0111. The zero-order valence-corrected chi connectivity index (χ0v) is 16.6. The number of carbonyl (C=O) groups is 1. The van der Waals surface area contributed by atoms with E-state index < -0.39 is 0 Å². The van der Waals surface area contributed by atoms with Gasteiger partial charge in [-0.1, -0.05) is 23.7 Å². The van der Waals surface area contributed by atoms with Crippen LogP contribution in [0.4, 0.5) is 11.4 Å². The number of hydrogen-bond donors (Lipinski definition) is 2. The van der Waals surface area contributed by atoms with E-state index in [0.29, 0.717) is 5.02 Å². The number of benzene rings is 2. The van der Waals surface area contributed by atoms with Crippen LogP contribution in [0.15, 0.2) is 48.5 Å². The number of nitrogens with two attached hydrogens (primary N) is 1. The molecule has 0 unspecified atom stereocenters. The molecular weight excluding hydrogens is 362 g/mol. The van der Waals surface area contributed by atoms with Gasteiger partial charge in [0.25, 0.3) is 5.91 Å². The van der Waals surface area contributed by atoms with E-state index in [0.717, 1.165) is 43.2 Å². The van der Waals surface area contributed by atoms with Crippen LogP contribution in [0.5, 0.6) is 0 Å². The fourth-order valence-corrected chi connectivity index (χ4v) is 3.45. The Bertz CT molecular complexity index is 760. The second-order valence-electron chi connectivity index (χ2n) is 6.96. The first-order chi connectivity index (χ1) is 13.0. The van der Waals surface area contributed by atoms with Gasteiger partial charge in [-0.3, -0.25) is 4.79 Å². The molecule has 0 aromatic heterocycles. The SMILES string of the molecule is C[C@H]([NH2+][C@H](C)c1cccc(Cl)c1)C(=O)Nc1ccc(N2CCOCC2)cc1. The first kappa shape index (κ1) is 19.7. The van der Waals surface area contributed by atoms with Crippen LogP contribution < -0.4 is 15.5 Å². The second-order valence-corrected chi connectivity index (χ2v) is 7.40. The van der Waals surface area contributed by atoms with Crippen LogP contribution in [0.25, 0.3) is 0 Å². The van der Waals surface area contributed by atoms with Crippen molar-refractivity contribution in [3.63, 3.8) is 0 Å². The maximum atomic E-state index is 12.5. The Morgan fingerprint density at radius 3 is 2.52 bits per heavy atom. The van der Waals surface area contributed by atoms with Gasteiger partial charge in [-0.05, 0) is 50.2 Å². The summed E-state index contributed by atoms with van der Waals surface area (Å²) in [6.45, 7) is 7.32. The van der Waals surface area contributed by atoms with Crippen molar-refractivity contribution < 1.29 is 14.8 Å². The first-order valence-electron chi connectivity index (χ1n) is 9.37. The highest BCUT2D eigenvalue weighted by Crippen LogP contribution is 2.19. The average Bonchev–Trinajstić information content (AvgIpc) is 2.69. The van der Waals surface area contributed by atoms with Gasteiger partial charge in [0.2, 0.25) is 0 Å². The number of halogens is 1. The summed E-state index contributed by atoms with van der Waals surface area (Å²) in [5, 5.41) is 5.76. The van der Waals surface area contributed by atoms with Crippen LogP contribution in [0.1, 0.15) is 25.5 Å². The van der Waals surface area contributed by atoms with Gasteiger partial charge in [0, 0.05) is 35.1 Å². The summed E-state index contributed by atoms with van der Waals surface area (Å²) in [6, 6.07) is 15.7.